The van der Waals surface area contributed by atoms with Crippen molar-refractivity contribution in [3.8, 4) is 0 Å². The predicted octanol–water partition coefficient (Wildman–Crippen LogP) is -5.59. The van der Waals surface area contributed by atoms with Crippen LogP contribution in [0.4, 0.5) is 0 Å². The normalized spacial score (nSPS) is 24.8. The molecular weight excluding hydrogens is 360 g/mol. The second kappa shape index (κ2) is 9.64. The van der Waals surface area contributed by atoms with E-state index in [-0.39, 0.29) is 23.1 Å². The van der Waals surface area contributed by atoms with Crippen LogP contribution in [0.1, 0.15) is 0 Å². The summed E-state index contributed by atoms with van der Waals surface area (Å²) >= 11 is 0. The van der Waals surface area contributed by atoms with E-state index in [1.165, 1.54) is 0 Å². The summed E-state index contributed by atoms with van der Waals surface area (Å²) in [4.78, 5) is 20.9. The summed E-state index contributed by atoms with van der Waals surface area (Å²) in [5, 5.41) is 73.5. The number of carbonyl (C=O) groups excluding carboxylic acids is 2. The van der Waals surface area contributed by atoms with Crippen molar-refractivity contribution in [1.82, 2.24) is 0 Å². The van der Waals surface area contributed by atoms with Gasteiger partial charge in [0.05, 0.1) is 13.2 Å². The molecule has 136 valence electrons. The molecule has 6 N–H and O–H groups in total. The van der Waals surface area contributed by atoms with Gasteiger partial charge in [0.1, 0.15) is 23.7 Å². The number of hydrogen-bond acceptors (Lipinski definition) is 12. The maximum absolute atomic E-state index is 10.6. The number of rotatable bonds is 4. The molecule has 4 atom stereocenters. The molecule has 0 aromatic carbocycles. The maximum atomic E-state index is 10.6. The molecule has 0 saturated heterocycles. The van der Waals surface area contributed by atoms with Gasteiger partial charge in [0.25, 0.3) is 0 Å². The summed E-state index contributed by atoms with van der Waals surface area (Å²) in [6.45, 7) is -1.40. The van der Waals surface area contributed by atoms with Gasteiger partial charge in [0.15, 0.2) is 12.2 Å². The van der Waals surface area contributed by atoms with E-state index in [4.69, 9.17) is 30.6 Å². The first-order valence-corrected chi connectivity index (χ1v) is 6.35. The van der Waals surface area contributed by atoms with Gasteiger partial charge in [-0.15, -0.1) is 0 Å². The van der Waals surface area contributed by atoms with Crippen LogP contribution in [-0.4, -0.2) is 103 Å². The molecule has 2 rings (SSSR count). The van der Waals surface area contributed by atoms with Gasteiger partial charge in [-0.25, -0.2) is 9.59 Å². The first-order valence-electron chi connectivity index (χ1n) is 6.35. The second-order valence-electron chi connectivity index (χ2n) is 4.58. The van der Waals surface area contributed by atoms with Crippen molar-refractivity contribution in [3.05, 3.63) is 23.0 Å². The zero-order valence-electron chi connectivity index (χ0n) is 12.6. The van der Waals surface area contributed by atoms with Crippen LogP contribution < -0.4 is 10.2 Å². The SMILES string of the molecule is O=C1OC(C(O)CO)C(O)=C1[O-].O=C1OC(C(O)CO)C(O)=C1[O-].[Mg+2]. The van der Waals surface area contributed by atoms with Crippen molar-refractivity contribution in [3.63, 3.8) is 0 Å². The van der Waals surface area contributed by atoms with Gasteiger partial charge in [0, 0.05) is 11.5 Å². The fourth-order valence-corrected chi connectivity index (χ4v) is 1.63. The van der Waals surface area contributed by atoms with Crippen LogP contribution in [0.25, 0.3) is 0 Å². The fraction of sp³-hybridized carbons (Fsp3) is 0.500. The van der Waals surface area contributed by atoms with Crippen LogP contribution in [-0.2, 0) is 19.1 Å². The number of ether oxygens (including phenoxy) is 2. The van der Waals surface area contributed by atoms with Crippen molar-refractivity contribution < 1.29 is 59.9 Å². The minimum Gasteiger partial charge on any atom is -0.865 e. The van der Waals surface area contributed by atoms with Gasteiger partial charge < -0.3 is 50.3 Å². The number of esters is 2. The molecular formula is C12H14MgO12. The Kier molecular flexibility index (Phi) is 8.96. The molecule has 0 aromatic heterocycles. The molecule has 0 saturated carbocycles. The van der Waals surface area contributed by atoms with E-state index in [1.807, 2.05) is 0 Å². The molecule has 12 nitrogen and oxygen atoms in total. The Morgan fingerprint density at radius 2 is 1.12 bits per heavy atom. The summed E-state index contributed by atoms with van der Waals surface area (Å²) in [5.74, 6) is -6.50. The van der Waals surface area contributed by atoms with Crippen molar-refractivity contribution >= 4 is 35.0 Å². The summed E-state index contributed by atoms with van der Waals surface area (Å²) in [5.41, 5.74) is 0. The van der Waals surface area contributed by atoms with E-state index in [2.05, 4.69) is 9.47 Å². The van der Waals surface area contributed by atoms with Crippen LogP contribution >= 0.6 is 0 Å². The van der Waals surface area contributed by atoms with Crippen molar-refractivity contribution in [1.29, 1.82) is 0 Å². The number of carbonyl (C=O) groups is 2. The zero-order valence-corrected chi connectivity index (χ0v) is 14.0. The molecule has 0 amide bonds. The second-order valence-corrected chi connectivity index (χ2v) is 4.58. The number of hydrogen-bond donors (Lipinski definition) is 6. The Labute approximate surface area is 156 Å². The van der Waals surface area contributed by atoms with E-state index in [0.29, 0.717) is 0 Å². The van der Waals surface area contributed by atoms with E-state index in [9.17, 15) is 19.8 Å². The first kappa shape index (κ1) is 23.2. The van der Waals surface area contributed by atoms with Crippen LogP contribution in [0.3, 0.4) is 0 Å². The zero-order chi connectivity index (χ0) is 18.6. The number of aliphatic hydroxyl groups excluding tert-OH is 6. The Morgan fingerprint density at radius 3 is 1.28 bits per heavy atom. The monoisotopic (exact) mass is 374 g/mol. The maximum Gasteiger partial charge on any atom is 2.00 e. The molecule has 0 spiro atoms. The molecule has 0 aliphatic carbocycles. The predicted molar refractivity (Wildman–Crippen MR) is 71.0 cm³/mol. The molecule has 0 radical (unpaired) electrons. The molecule has 13 heteroatoms. The van der Waals surface area contributed by atoms with Crippen LogP contribution in [0.15, 0.2) is 23.0 Å². The van der Waals surface area contributed by atoms with Gasteiger partial charge in [-0.3, -0.25) is 0 Å². The average Bonchev–Trinajstić information content (AvgIpc) is 2.98. The molecule has 0 aromatic rings. The molecule has 4 unspecified atom stereocenters. The van der Waals surface area contributed by atoms with E-state index in [0.717, 1.165) is 0 Å². The quantitative estimate of drug-likeness (QED) is 0.200. The van der Waals surface area contributed by atoms with Crippen molar-refractivity contribution in [2.75, 3.05) is 13.2 Å². The van der Waals surface area contributed by atoms with Crippen molar-refractivity contribution in [2.45, 2.75) is 24.4 Å². The Hall–Kier alpha value is -1.77. The van der Waals surface area contributed by atoms with Gasteiger partial charge in [-0.2, -0.15) is 0 Å². The first-order chi connectivity index (χ1) is 11.1. The topological polar surface area (TPSA) is 220 Å². The summed E-state index contributed by atoms with van der Waals surface area (Å²) < 4.78 is 8.51. The van der Waals surface area contributed by atoms with Gasteiger partial charge in [0.2, 0.25) is 0 Å². The fourth-order valence-electron chi connectivity index (χ4n) is 1.63. The largest absolute Gasteiger partial charge is 2.00 e. The van der Waals surface area contributed by atoms with Crippen LogP contribution in [0.5, 0.6) is 0 Å². The summed E-state index contributed by atoms with van der Waals surface area (Å²) in [7, 11) is 0. The van der Waals surface area contributed by atoms with E-state index < -0.39 is 72.6 Å². The van der Waals surface area contributed by atoms with E-state index >= 15 is 0 Å². The Balaban J connectivity index is 0.000000443. The molecule has 2 heterocycles. The Morgan fingerprint density at radius 1 is 0.840 bits per heavy atom. The summed E-state index contributed by atoms with van der Waals surface area (Å²) in [6.07, 6.45) is -5.76. The minimum atomic E-state index is -1.46. The van der Waals surface area contributed by atoms with Gasteiger partial charge in [-0.1, -0.05) is 0 Å². The summed E-state index contributed by atoms with van der Waals surface area (Å²) in [6, 6.07) is 0. The molecule has 0 fully saturated rings. The van der Waals surface area contributed by atoms with Gasteiger partial charge >= 0.3 is 35.0 Å². The molecule has 25 heavy (non-hydrogen) atoms. The van der Waals surface area contributed by atoms with Crippen LogP contribution in [0, 0.1) is 0 Å². The minimum absolute atomic E-state index is 0. The van der Waals surface area contributed by atoms with Crippen molar-refractivity contribution in [2.24, 2.45) is 0 Å². The van der Waals surface area contributed by atoms with Gasteiger partial charge in [-0.05, 0) is 0 Å². The third-order valence-electron chi connectivity index (χ3n) is 2.92. The number of aliphatic hydroxyl groups is 6. The standard InChI is InChI=1S/2C6H8O6.Mg/c2*7-1-2(8)5-3(9)4(10)6(11)12-5;/h2*2,5,7-10H,1H2;/q;;+2/p-2. The molecule has 0 bridgehead atoms. The third kappa shape index (κ3) is 5.10. The molecule has 2 aliphatic heterocycles. The van der Waals surface area contributed by atoms with E-state index in [1.54, 1.807) is 0 Å². The molecule has 2 aliphatic rings. The Bertz CT molecular complexity index is 520. The average molecular weight is 375 g/mol. The van der Waals surface area contributed by atoms with Crippen LogP contribution in [0.2, 0.25) is 0 Å². The smallest absolute Gasteiger partial charge is 0.865 e. The third-order valence-corrected chi connectivity index (χ3v) is 2.92. The number of cyclic esters (lactones) is 2.